The highest BCUT2D eigenvalue weighted by Crippen LogP contribution is 2.28. The molecule has 5 nitrogen and oxygen atoms in total. The van der Waals surface area contributed by atoms with Crippen LogP contribution in [0.2, 0.25) is 0 Å². The van der Waals surface area contributed by atoms with Gasteiger partial charge in [0.15, 0.2) is 0 Å². The lowest BCUT2D eigenvalue weighted by molar-refractivity contribution is -0.138. The van der Waals surface area contributed by atoms with Crippen LogP contribution in [0.25, 0.3) is 0 Å². The standard InChI is InChI=1S/C10H17NO4/c12-9(3-4-10(13)14)11-5-6-15-7-8-1-2-8/h8H,1-7H2,(H,11,12)(H,13,14). The van der Waals surface area contributed by atoms with Gasteiger partial charge in [0.05, 0.1) is 13.0 Å². The second kappa shape index (κ2) is 6.40. The van der Waals surface area contributed by atoms with Crippen LogP contribution in [0, 0.1) is 5.92 Å². The predicted octanol–water partition coefficient (Wildman–Crippen LogP) is 0.394. The molecule has 0 heterocycles. The third-order valence-electron chi connectivity index (χ3n) is 2.18. The van der Waals surface area contributed by atoms with Gasteiger partial charge in [-0.1, -0.05) is 0 Å². The third kappa shape index (κ3) is 6.90. The molecule has 0 unspecified atom stereocenters. The number of carboxylic acid groups (broad SMARTS) is 1. The van der Waals surface area contributed by atoms with Crippen molar-refractivity contribution in [2.24, 2.45) is 5.92 Å². The number of ether oxygens (including phenoxy) is 1. The van der Waals surface area contributed by atoms with Crippen molar-refractivity contribution in [1.82, 2.24) is 5.32 Å². The number of hydrogen-bond acceptors (Lipinski definition) is 3. The summed E-state index contributed by atoms with van der Waals surface area (Å²) in [6, 6.07) is 0. The average molecular weight is 215 g/mol. The molecular weight excluding hydrogens is 198 g/mol. The molecule has 86 valence electrons. The smallest absolute Gasteiger partial charge is 0.303 e. The molecule has 1 amide bonds. The van der Waals surface area contributed by atoms with E-state index in [0.717, 1.165) is 12.5 Å². The number of carbonyl (C=O) groups excluding carboxylic acids is 1. The Bertz CT molecular complexity index is 225. The molecule has 1 aliphatic carbocycles. The molecule has 2 N–H and O–H groups in total. The molecule has 0 saturated heterocycles. The van der Waals surface area contributed by atoms with Gasteiger partial charge in [0, 0.05) is 19.6 Å². The Balaban J connectivity index is 1.84. The highest BCUT2D eigenvalue weighted by molar-refractivity contribution is 5.80. The Hall–Kier alpha value is -1.10. The number of rotatable bonds is 8. The van der Waals surface area contributed by atoms with Crippen molar-refractivity contribution in [2.45, 2.75) is 25.7 Å². The molecule has 1 aliphatic rings. The molecule has 5 heteroatoms. The van der Waals surface area contributed by atoms with E-state index in [9.17, 15) is 9.59 Å². The Morgan fingerprint density at radius 1 is 1.33 bits per heavy atom. The molecule has 0 aliphatic heterocycles. The average Bonchev–Trinajstić information content (AvgIpc) is 2.98. The largest absolute Gasteiger partial charge is 0.481 e. The molecule has 1 saturated carbocycles. The summed E-state index contributed by atoms with van der Waals surface area (Å²) in [4.78, 5) is 21.2. The van der Waals surface area contributed by atoms with Crippen molar-refractivity contribution in [3.05, 3.63) is 0 Å². The van der Waals surface area contributed by atoms with E-state index in [0.29, 0.717) is 13.2 Å². The zero-order valence-electron chi connectivity index (χ0n) is 8.70. The summed E-state index contributed by atoms with van der Waals surface area (Å²) in [5, 5.41) is 10.9. The van der Waals surface area contributed by atoms with Crippen LogP contribution in [-0.2, 0) is 14.3 Å². The van der Waals surface area contributed by atoms with Gasteiger partial charge in [0.2, 0.25) is 5.91 Å². The third-order valence-corrected chi connectivity index (χ3v) is 2.18. The van der Waals surface area contributed by atoms with Gasteiger partial charge in [0.1, 0.15) is 0 Å². The summed E-state index contributed by atoms with van der Waals surface area (Å²) in [5.74, 6) is -0.449. The molecule has 0 aromatic heterocycles. The maximum atomic E-state index is 11.0. The number of amides is 1. The van der Waals surface area contributed by atoms with Crippen molar-refractivity contribution in [2.75, 3.05) is 19.8 Å². The van der Waals surface area contributed by atoms with Gasteiger partial charge in [-0.15, -0.1) is 0 Å². The van der Waals surface area contributed by atoms with E-state index in [1.54, 1.807) is 0 Å². The minimum atomic E-state index is -0.949. The van der Waals surface area contributed by atoms with E-state index in [-0.39, 0.29) is 18.7 Å². The Morgan fingerprint density at radius 3 is 2.67 bits per heavy atom. The first-order chi connectivity index (χ1) is 7.18. The second-order valence-corrected chi connectivity index (χ2v) is 3.76. The molecule has 0 atom stereocenters. The SMILES string of the molecule is O=C(O)CCC(=O)NCCOCC1CC1. The fourth-order valence-corrected chi connectivity index (χ4v) is 1.11. The first-order valence-electron chi connectivity index (χ1n) is 5.24. The van der Waals surface area contributed by atoms with Gasteiger partial charge >= 0.3 is 5.97 Å². The predicted molar refractivity (Wildman–Crippen MR) is 53.4 cm³/mol. The highest BCUT2D eigenvalue weighted by Gasteiger charge is 2.20. The van der Waals surface area contributed by atoms with Gasteiger partial charge < -0.3 is 15.2 Å². The monoisotopic (exact) mass is 215 g/mol. The Morgan fingerprint density at radius 2 is 2.07 bits per heavy atom. The normalized spacial score (nSPS) is 14.9. The summed E-state index contributed by atoms with van der Waals surface area (Å²) in [5.41, 5.74) is 0. The van der Waals surface area contributed by atoms with Gasteiger partial charge in [0.25, 0.3) is 0 Å². The van der Waals surface area contributed by atoms with Crippen LogP contribution in [0.1, 0.15) is 25.7 Å². The fourth-order valence-electron chi connectivity index (χ4n) is 1.11. The van der Waals surface area contributed by atoms with Crippen LogP contribution >= 0.6 is 0 Å². The fraction of sp³-hybridized carbons (Fsp3) is 0.800. The zero-order chi connectivity index (χ0) is 11.1. The van der Waals surface area contributed by atoms with Crippen LogP contribution in [0.3, 0.4) is 0 Å². The van der Waals surface area contributed by atoms with Crippen molar-refractivity contribution in [3.63, 3.8) is 0 Å². The van der Waals surface area contributed by atoms with E-state index in [4.69, 9.17) is 9.84 Å². The summed E-state index contributed by atoms with van der Waals surface area (Å²) in [6.45, 7) is 1.76. The number of hydrogen-bond donors (Lipinski definition) is 2. The lowest BCUT2D eigenvalue weighted by atomic mass is 10.3. The molecule has 15 heavy (non-hydrogen) atoms. The lowest BCUT2D eigenvalue weighted by Crippen LogP contribution is -2.27. The van der Waals surface area contributed by atoms with Crippen molar-refractivity contribution < 1.29 is 19.4 Å². The number of nitrogens with one attached hydrogen (secondary N) is 1. The van der Waals surface area contributed by atoms with E-state index >= 15 is 0 Å². The number of aliphatic carboxylic acids is 1. The highest BCUT2D eigenvalue weighted by atomic mass is 16.5. The quantitative estimate of drug-likeness (QED) is 0.574. The van der Waals surface area contributed by atoms with Gasteiger partial charge in [-0.2, -0.15) is 0 Å². The first-order valence-corrected chi connectivity index (χ1v) is 5.24. The minimum absolute atomic E-state index is 0.0396. The molecule has 1 fully saturated rings. The number of carbonyl (C=O) groups is 2. The van der Waals surface area contributed by atoms with E-state index in [1.165, 1.54) is 12.8 Å². The molecule has 0 aromatic rings. The topological polar surface area (TPSA) is 75.6 Å². The maximum absolute atomic E-state index is 11.0. The van der Waals surface area contributed by atoms with E-state index in [2.05, 4.69) is 5.32 Å². The first kappa shape index (κ1) is 12.0. The van der Waals surface area contributed by atoms with Crippen LogP contribution in [0.15, 0.2) is 0 Å². The lowest BCUT2D eigenvalue weighted by Gasteiger charge is -2.04. The van der Waals surface area contributed by atoms with Gasteiger partial charge in [-0.05, 0) is 18.8 Å². The Kier molecular flexibility index (Phi) is 5.10. The second-order valence-electron chi connectivity index (χ2n) is 3.76. The molecule has 1 rings (SSSR count). The molecular formula is C10H17NO4. The van der Waals surface area contributed by atoms with Gasteiger partial charge in [-0.3, -0.25) is 9.59 Å². The van der Waals surface area contributed by atoms with Crippen molar-refractivity contribution in [1.29, 1.82) is 0 Å². The van der Waals surface area contributed by atoms with Crippen LogP contribution in [-0.4, -0.2) is 36.7 Å². The maximum Gasteiger partial charge on any atom is 0.303 e. The summed E-state index contributed by atoms with van der Waals surface area (Å²) in [7, 11) is 0. The molecule has 0 aromatic carbocycles. The summed E-state index contributed by atoms with van der Waals surface area (Å²) >= 11 is 0. The van der Waals surface area contributed by atoms with Crippen molar-refractivity contribution >= 4 is 11.9 Å². The van der Waals surface area contributed by atoms with Crippen LogP contribution in [0.5, 0.6) is 0 Å². The molecule has 0 radical (unpaired) electrons. The zero-order valence-corrected chi connectivity index (χ0v) is 8.70. The molecule has 0 bridgehead atoms. The van der Waals surface area contributed by atoms with Gasteiger partial charge in [-0.25, -0.2) is 0 Å². The summed E-state index contributed by atoms with van der Waals surface area (Å²) < 4.78 is 5.30. The Labute approximate surface area is 88.8 Å². The molecule has 0 spiro atoms. The van der Waals surface area contributed by atoms with E-state index < -0.39 is 5.97 Å². The van der Waals surface area contributed by atoms with Crippen LogP contribution < -0.4 is 5.32 Å². The summed E-state index contributed by atoms with van der Waals surface area (Å²) in [6.07, 6.45) is 2.43. The van der Waals surface area contributed by atoms with Crippen molar-refractivity contribution in [3.8, 4) is 0 Å². The van der Waals surface area contributed by atoms with Crippen LogP contribution in [0.4, 0.5) is 0 Å². The minimum Gasteiger partial charge on any atom is -0.481 e. The number of carboxylic acids is 1. The van der Waals surface area contributed by atoms with E-state index in [1.807, 2.05) is 0 Å².